The minimum Gasteiger partial charge on any atom is -0.331 e. The van der Waals surface area contributed by atoms with Gasteiger partial charge in [-0.1, -0.05) is 42.4 Å². The molecule has 0 bridgehead atoms. The smallest absolute Gasteiger partial charge is 0.331 e. The number of carbonyl (C=O) groups is 1. The van der Waals surface area contributed by atoms with E-state index in [9.17, 15) is 18.0 Å². The van der Waals surface area contributed by atoms with Crippen molar-refractivity contribution in [3.63, 3.8) is 0 Å². The van der Waals surface area contributed by atoms with E-state index in [2.05, 4.69) is 20.8 Å². The second-order valence-corrected chi connectivity index (χ2v) is 4.75. The van der Waals surface area contributed by atoms with E-state index in [1.54, 1.807) is 25.1 Å². The largest absolute Gasteiger partial charge is 0.391 e. The molecular weight excluding hydrogens is 313 g/mol. The Balaban J connectivity index is 2.06. The molecule has 2 aromatic rings. The normalized spacial score (nSPS) is 12.7. The number of benzene rings is 1. The van der Waals surface area contributed by atoms with Crippen LogP contribution in [-0.2, 0) is 6.42 Å². The van der Waals surface area contributed by atoms with Gasteiger partial charge < -0.3 is 9.84 Å². The molecule has 2 rings (SSSR count). The minimum atomic E-state index is -4.42. The number of hydrogen-bond donors (Lipinski definition) is 2. The highest BCUT2D eigenvalue weighted by atomic mass is 19.4. The van der Waals surface area contributed by atoms with Crippen LogP contribution < -0.4 is 10.6 Å². The van der Waals surface area contributed by atoms with Crippen LogP contribution >= 0.6 is 0 Å². The molecule has 23 heavy (non-hydrogen) atoms. The van der Waals surface area contributed by atoms with Crippen molar-refractivity contribution in [2.24, 2.45) is 0 Å². The highest BCUT2D eigenvalue weighted by Crippen LogP contribution is 2.29. The van der Waals surface area contributed by atoms with Crippen molar-refractivity contribution in [2.45, 2.75) is 32.0 Å². The van der Waals surface area contributed by atoms with Crippen LogP contribution in [0.2, 0.25) is 0 Å². The lowest BCUT2D eigenvalue weighted by Gasteiger charge is -2.20. The summed E-state index contributed by atoms with van der Waals surface area (Å²) < 4.78 is 42.9. The van der Waals surface area contributed by atoms with Crippen molar-refractivity contribution in [3.8, 4) is 0 Å². The standard InChI is InChI=1S/C14H15F3N4O2/c1-2-11-19-13(23-21-11)20-12(22)18-10(8-14(15,16)17)9-6-4-3-5-7-9/h3-7,10H,2,8H2,1H3,(H2,18,19,20,21,22). The van der Waals surface area contributed by atoms with Crippen LogP contribution in [0.3, 0.4) is 0 Å². The molecule has 0 aliphatic heterocycles. The monoisotopic (exact) mass is 328 g/mol. The van der Waals surface area contributed by atoms with Gasteiger partial charge in [0.15, 0.2) is 5.82 Å². The van der Waals surface area contributed by atoms with Crippen LogP contribution in [0.4, 0.5) is 24.0 Å². The van der Waals surface area contributed by atoms with Gasteiger partial charge >= 0.3 is 18.2 Å². The molecule has 1 heterocycles. The Hall–Kier alpha value is -2.58. The van der Waals surface area contributed by atoms with Crippen molar-refractivity contribution in [1.82, 2.24) is 15.5 Å². The van der Waals surface area contributed by atoms with E-state index in [1.165, 1.54) is 12.1 Å². The minimum absolute atomic E-state index is 0.168. The summed E-state index contributed by atoms with van der Waals surface area (Å²) in [5.41, 5.74) is 0.347. The summed E-state index contributed by atoms with van der Waals surface area (Å²) in [5.74, 6) is 0.384. The van der Waals surface area contributed by atoms with Gasteiger partial charge in [-0.05, 0) is 5.56 Å². The van der Waals surface area contributed by atoms with Gasteiger partial charge in [-0.15, -0.1) is 0 Å². The molecule has 6 nitrogen and oxygen atoms in total. The van der Waals surface area contributed by atoms with Crippen LogP contribution in [0.25, 0.3) is 0 Å². The van der Waals surface area contributed by atoms with Gasteiger partial charge in [0.25, 0.3) is 0 Å². The first-order valence-corrected chi connectivity index (χ1v) is 6.89. The summed E-state index contributed by atoms with van der Waals surface area (Å²) in [4.78, 5) is 15.7. The van der Waals surface area contributed by atoms with E-state index >= 15 is 0 Å². The number of hydrogen-bond acceptors (Lipinski definition) is 4. The van der Waals surface area contributed by atoms with Gasteiger partial charge in [0, 0.05) is 6.42 Å². The summed E-state index contributed by atoms with van der Waals surface area (Å²) >= 11 is 0. The second-order valence-electron chi connectivity index (χ2n) is 4.75. The molecule has 1 aromatic carbocycles. The Bertz CT molecular complexity index is 643. The summed E-state index contributed by atoms with van der Waals surface area (Å²) in [6, 6.07) is 5.67. The van der Waals surface area contributed by atoms with E-state index in [0.29, 0.717) is 17.8 Å². The van der Waals surface area contributed by atoms with E-state index in [4.69, 9.17) is 4.52 Å². The van der Waals surface area contributed by atoms with E-state index in [0.717, 1.165) is 0 Å². The number of amides is 2. The van der Waals surface area contributed by atoms with E-state index in [-0.39, 0.29) is 6.01 Å². The van der Waals surface area contributed by atoms with Crippen LogP contribution in [0.15, 0.2) is 34.9 Å². The number of aryl methyl sites for hydroxylation is 1. The third-order valence-corrected chi connectivity index (χ3v) is 2.95. The molecule has 9 heteroatoms. The zero-order valence-electron chi connectivity index (χ0n) is 12.2. The third kappa shape index (κ3) is 5.28. The quantitative estimate of drug-likeness (QED) is 0.881. The Labute approximate surface area is 130 Å². The third-order valence-electron chi connectivity index (χ3n) is 2.95. The number of nitrogens with one attached hydrogen (secondary N) is 2. The van der Waals surface area contributed by atoms with Crippen molar-refractivity contribution >= 4 is 12.0 Å². The summed E-state index contributed by atoms with van der Waals surface area (Å²) in [6.07, 6.45) is -5.10. The van der Waals surface area contributed by atoms with Crippen LogP contribution in [0, 0.1) is 0 Å². The number of halogens is 3. The molecule has 0 spiro atoms. The van der Waals surface area contributed by atoms with Crippen molar-refractivity contribution in [3.05, 3.63) is 41.7 Å². The van der Waals surface area contributed by atoms with Gasteiger partial charge in [0.05, 0.1) is 12.5 Å². The molecule has 2 amide bonds. The molecule has 0 saturated heterocycles. The topological polar surface area (TPSA) is 80.0 Å². The second kappa shape index (κ2) is 7.12. The molecule has 1 unspecified atom stereocenters. The fourth-order valence-corrected chi connectivity index (χ4v) is 1.91. The lowest BCUT2D eigenvalue weighted by atomic mass is 10.0. The van der Waals surface area contributed by atoms with Gasteiger partial charge in [-0.25, -0.2) is 4.79 Å². The molecule has 0 saturated carbocycles. The van der Waals surface area contributed by atoms with E-state index in [1.807, 2.05) is 0 Å². The maximum absolute atomic E-state index is 12.7. The summed E-state index contributed by atoms with van der Waals surface area (Å²) in [5, 5.41) is 8.07. The number of nitrogens with zero attached hydrogens (tertiary/aromatic N) is 2. The number of carbonyl (C=O) groups excluding carboxylic acids is 1. The fourth-order valence-electron chi connectivity index (χ4n) is 1.91. The molecule has 1 aromatic heterocycles. The number of rotatable bonds is 5. The Kier molecular flexibility index (Phi) is 5.20. The first kappa shape index (κ1) is 16.8. The Morgan fingerprint density at radius 3 is 2.57 bits per heavy atom. The molecule has 2 N–H and O–H groups in total. The molecular formula is C14H15F3N4O2. The predicted molar refractivity (Wildman–Crippen MR) is 75.7 cm³/mol. The highest BCUT2D eigenvalue weighted by Gasteiger charge is 2.33. The maximum atomic E-state index is 12.7. The highest BCUT2D eigenvalue weighted by molar-refractivity contribution is 5.87. The van der Waals surface area contributed by atoms with Gasteiger partial charge in [0.1, 0.15) is 0 Å². The molecule has 124 valence electrons. The predicted octanol–water partition coefficient (Wildman–Crippen LogP) is 3.45. The van der Waals surface area contributed by atoms with E-state index < -0.39 is 24.7 Å². The van der Waals surface area contributed by atoms with Gasteiger partial charge in [-0.2, -0.15) is 18.2 Å². The molecule has 0 aliphatic carbocycles. The average Bonchev–Trinajstić information content (AvgIpc) is 2.93. The first-order valence-electron chi connectivity index (χ1n) is 6.89. The Morgan fingerprint density at radius 2 is 2.00 bits per heavy atom. The zero-order chi connectivity index (χ0) is 16.9. The molecule has 0 radical (unpaired) electrons. The van der Waals surface area contributed by atoms with Gasteiger partial charge in [0.2, 0.25) is 0 Å². The maximum Gasteiger partial charge on any atom is 0.391 e. The van der Waals surface area contributed by atoms with Crippen molar-refractivity contribution in [2.75, 3.05) is 5.32 Å². The summed E-state index contributed by atoms with van der Waals surface area (Å²) in [7, 11) is 0. The van der Waals surface area contributed by atoms with Crippen LogP contribution in [0.1, 0.15) is 30.8 Å². The van der Waals surface area contributed by atoms with Crippen molar-refractivity contribution < 1.29 is 22.5 Å². The molecule has 0 aliphatic rings. The average molecular weight is 328 g/mol. The lowest BCUT2D eigenvalue weighted by molar-refractivity contribution is -0.139. The Morgan fingerprint density at radius 1 is 1.30 bits per heavy atom. The van der Waals surface area contributed by atoms with Crippen molar-refractivity contribution in [1.29, 1.82) is 0 Å². The number of anilines is 1. The van der Waals surface area contributed by atoms with Crippen LogP contribution in [-0.4, -0.2) is 22.3 Å². The summed E-state index contributed by atoms with van der Waals surface area (Å²) in [6.45, 7) is 1.80. The lowest BCUT2D eigenvalue weighted by Crippen LogP contribution is -2.35. The first-order chi connectivity index (χ1) is 10.9. The molecule has 0 fully saturated rings. The number of alkyl halides is 3. The SMILES string of the molecule is CCc1noc(NC(=O)NC(CC(F)(F)F)c2ccccc2)n1. The van der Waals surface area contributed by atoms with Gasteiger partial charge in [-0.3, -0.25) is 5.32 Å². The zero-order valence-corrected chi connectivity index (χ0v) is 12.2. The van der Waals surface area contributed by atoms with Crippen LogP contribution in [0.5, 0.6) is 0 Å². The fraction of sp³-hybridized carbons (Fsp3) is 0.357. The number of aromatic nitrogens is 2. The number of urea groups is 1. The molecule has 1 atom stereocenters.